The van der Waals surface area contributed by atoms with Crippen LogP contribution in [0.25, 0.3) is 10.9 Å². The third-order valence-corrected chi connectivity index (χ3v) is 4.91. The van der Waals surface area contributed by atoms with Crippen molar-refractivity contribution in [1.29, 1.82) is 0 Å². The van der Waals surface area contributed by atoms with Crippen molar-refractivity contribution in [3.05, 3.63) is 59.3 Å². The van der Waals surface area contributed by atoms with E-state index in [2.05, 4.69) is 22.1 Å². The van der Waals surface area contributed by atoms with Crippen LogP contribution in [0, 0.1) is 6.92 Å². The molecule has 1 heterocycles. The van der Waals surface area contributed by atoms with Crippen LogP contribution >= 0.6 is 11.6 Å². The predicted molar refractivity (Wildman–Crippen MR) is 101 cm³/mol. The number of benzene rings is 2. The summed E-state index contributed by atoms with van der Waals surface area (Å²) in [6.07, 6.45) is 3.31. The van der Waals surface area contributed by atoms with Gasteiger partial charge in [0.15, 0.2) is 0 Å². The van der Waals surface area contributed by atoms with E-state index in [1.54, 1.807) is 0 Å². The number of carbonyl (C=O) groups excluding carboxylic acids is 1. The third kappa shape index (κ3) is 2.87. The molecule has 0 atom stereocenters. The van der Waals surface area contributed by atoms with Gasteiger partial charge in [-0.15, -0.1) is 11.6 Å². The number of anilines is 2. The van der Waals surface area contributed by atoms with Crippen molar-refractivity contribution in [2.24, 2.45) is 0 Å². The van der Waals surface area contributed by atoms with Gasteiger partial charge in [0.1, 0.15) is 5.88 Å². The summed E-state index contributed by atoms with van der Waals surface area (Å²) in [4.78, 5) is 23.3. The first-order chi connectivity index (χ1) is 12.2. The highest BCUT2D eigenvalue weighted by Gasteiger charge is 2.23. The van der Waals surface area contributed by atoms with E-state index in [0.717, 1.165) is 41.5 Å². The van der Waals surface area contributed by atoms with Gasteiger partial charge in [-0.25, -0.2) is 14.9 Å². The van der Waals surface area contributed by atoms with Crippen LogP contribution in [0.4, 0.5) is 11.6 Å². The van der Waals surface area contributed by atoms with Gasteiger partial charge >= 0.3 is 0 Å². The molecule has 4 rings (SSSR count). The SMILES string of the molecule is Cc1nc(N(C(=O)CCl)c2ccc3c(c2)CCC3)nc2ccccc12. The number of rotatable bonds is 3. The van der Waals surface area contributed by atoms with Crippen LogP contribution in [0.5, 0.6) is 0 Å². The number of fused-ring (bicyclic) bond motifs is 2. The Labute approximate surface area is 151 Å². The highest BCUT2D eigenvalue weighted by molar-refractivity contribution is 6.30. The maximum atomic E-state index is 12.6. The molecule has 1 amide bonds. The van der Waals surface area contributed by atoms with Crippen LogP contribution in [0.15, 0.2) is 42.5 Å². The zero-order chi connectivity index (χ0) is 17.4. The first-order valence-electron chi connectivity index (χ1n) is 8.41. The van der Waals surface area contributed by atoms with Gasteiger partial charge in [0, 0.05) is 5.39 Å². The fraction of sp³-hybridized carbons (Fsp3) is 0.250. The van der Waals surface area contributed by atoms with Crippen molar-refractivity contribution in [1.82, 2.24) is 9.97 Å². The highest BCUT2D eigenvalue weighted by atomic mass is 35.5. The van der Waals surface area contributed by atoms with E-state index >= 15 is 0 Å². The number of aryl methyl sites for hydroxylation is 3. The summed E-state index contributed by atoms with van der Waals surface area (Å²) in [7, 11) is 0. The molecule has 0 fully saturated rings. The zero-order valence-electron chi connectivity index (χ0n) is 14.0. The lowest BCUT2D eigenvalue weighted by molar-refractivity contribution is -0.115. The van der Waals surface area contributed by atoms with Gasteiger partial charge in [0.25, 0.3) is 0 Å². The summed E-state index contributed by atoms with van der Waals surface area (Å²) >= 11 is 5.88. The predicted octanol–water partition coefficient (Wildman–Crippen LogP) is 4.33. The van der Waals surface area contributed by atoms with Gasteiger partial charge in [-0.05, 0) is 55.5 Å². The average molecular weight is 352 g/mol. The molecule has 0 N–H and O–H groups in total. The van der Waals surface area contributed by atoms with Crippen molar-refractivity contribution in [2.45, 2.75) is 26.2 Å². The largest absolute Gasteiger partial charge is 0.273 e. The number of aromatic nitrogens is 2. The molecular formula is C20H18ClN3O. The van der Waals surface area contributed by atoms with Crippen LogP contribution in [-0.4, -0.2) is 21.8 Å². The van der Waals surface area contributed by atoms with Crippen molar-refractivity contribution in [3.63, 3.8) is 0 Å². The molecule has 0 unspecified atom stereocenters. The summed E-state index contributed by atoms with van der Waals surface area (Å²) in [6, 6.07) is 13.9. The Kier molecular flexibility index (Phi) is 4.14. The molecule has 1 aliphatic rings. The Balaban J connectivity index is 1.86. The van der Waals surface area contributed by atoms with E-state index in [9.17, 15) is 4.79 Å². The second kappa shape index (κ2) is 6.45. The first-order valence-corrected chi connectivity index (χ1v) is 8.95. The van der Waals surface area contributed by atoms with Gasteiger partial charge in [-0.2, -0.15) is 0 Å². The molecule has 126 valence electrons. The Morgan fingerprint density at radius 3 is 2.76 bits per heavy atom. The molecule has 0 aliphatic heterocycles. The van der Waals surface area contributed by atoms with Crippen LogP contribution in [0.1, 0.15) is 23.2 Å². The van der Waals surface area contributed by atoms with E-state index < -0.39 is 0 Å². The van der Waals surface area contributed by atoms with Crippen LogP contribution in [-0.2, 0) is 17.6 Å². The average Bonchev–Trinajstić information content (AvgIpc) is 3.10. The summed E-state index contributed by atoms with van der Waals surface area (Å²) in [5.74, 6) is 0.0286. The molecule has 3 aromatic rings. The number of amides is 1. The molecule has 25 heavy (non-hydrogen) atoms. The molecular weight excluding hydrogens is 334 g/mol. The van der Waals surface area contributed by atoms with Crippen molar-refractivity contribution < 1.29 is 4.79 Å². The number of hydrogen-bond acceptors (Lipinski definition) is 3. The molecule has 4 nitrogen and oxygen atoms in total. The van der Waals surface area contributed by atoms with Gasteiger partial charge < -0.3 is 0 Å². The zero-order valence-corrected chi connectivity index (χ0v) is 14.8. The number of para-hydroxylation sites is 1. The monoisotopic (exact) mass is 351 g/mol. The Hall–Kier alpha value is -2.46. The topological polar surface area (TPSA) is 46.1 Å². The minimum atomic E-state index is -0.228. The maximum absolute atomic E-state index is 12.6. The second-order valence-corrected chi connectivity index (χ2v) is 6.56. The van der Waals surface area contributed by atoms with E-state index in [1.807, 2.05) is 37.3 Å². The normalized spacial score (nSPS) is 13.0. The van der Waals surface area contributed by atoms with Crippen LogP contribution < -0.4 is 4.90 Å². The Bertz CT molecular complexity index is 970. The van der Waals surface area contributed by atoms with Crippen LogP contribution in [0.2, 0.25) is 0 Å². The lowest BCUT2D eigenvalue weighted by atomic mass is 10.1. The lowest BCUT2D eigenvalue weighted by Gasteiger charge is -2.21. The lowest BCUT2D eigenvalue weighted by Crippen LogP contribution is -2.29. The van der Waals surface area contributed by atoms with E-state index in [4.69, 9.17) is 11.6 Å². The fourth-order valence-electron chi connectivity index (χ4n) is 3.45. The number of halogens is 1. The number of hydrogen-bond donors (Lipinski definition) is 0. The van der Waals surface area contributed by atoms with Crippen molar-refractivity contribution in [3.8, 4) is 0 Å². The number of nitrogens with zero attached hydrogens (tertiary/aromatic N) is 3. The van der Waals surface area contributed by atoms with E-state index in [-0.39, 0.29) is 11.8 Å². The molecule has 0 saturated carbocycles. The van der Waals surface area contributed by atoms with Gasteiger partial charge in [-0.1, -0.05) is 24.3 Å². The first kappa shape index (κ1) is 16.0. The Morgan fingerprint density at radius 1 is 1.12 bits per heavy atom. The van der Waals surface area contributed by atoms with E-state index in [0.29, 0.717) is 5.95 Å². The summed E-state index contributed by atoms with van der Waals surface area (Å²) in [5, 5.41) is 0.985. The number of alkyl halides is 1. The quantitative estimate of drug-likeness (QED) is 0.660. The fourth-order valence-corrected chi connectivity index (χ4v) is 3.57. The molecule has 0 saturated heterocycles. The minimum Gasteiger partial charge on any atom is -0.273 e. The van der Waals surface area contributed by atoms with E-state index in [1.165, 1.54) is 16.0 Å². The third-order valence-electron chi connectivity index (χ3n) is 4.69. The van der Waals surface area contributed by atoms with Gasteiger partial charge in [-0.3, -0.25) is 4.79 Å². The van der Waals surface area contributed by atoms with Gasteiger partial charge in [0.05, 0.1) is 16.9 Å². The molecule has 0 spiro atoms. The highest BCUT2D eigenvalue weighted by Crippen LogP contribution is 2.31. The second-order valence-electron chi connectivity index (χ2n) is 6.30. The smallest absolute Gasteiger partial charge is 0.248 e. The standard InChI is InChI=1S/C20H18ClN3O/c1-13-17-7-2-3-8-18(17)23-20(22-13)24(19(25)12-21)16-10-9-14-5-4-6-15(14)11-16/h2-3,7-11H,4-6,12H2,1H3. The number of carbonyl (C=O) groups is 1. The Morgan fingerprint density at radius 2 is 1.92 bits per heavy atom. The van der Waals surface area contributed by atoms with Crippen molar-refractivity contribution in [2.75, 3.05) is 10.8 Å². The van der Waals surface area contributed by atoms with Gasteiger partial charge in [0.2, 0.25) is 11.9 Å². The summed E-state index contributed by atoms with van der Waals surface area (Å²) < 4.78 is 0. The van der Waals surface area contributed by atoms with Crippen molar-refractivity contribution >= 4 is 40.0 Å². The molecule has 1 aliphatic carbocycles. The summed E-state index contributed by atoms with van der Waals surface area (Å²) in [5.41, 5.74) is 5.09. The summed E-state index contributed by atoms with van der Waals surface area (Å²) in [6.45, 7) is 1.93. The molecule has 0 radical (unpaired) electrons. The molecule has 2 aromatic carbocycles. The minimum absolute atomic E-state index is 0.119. The maximum Gasteiger partial charge on any atom is 0.248 e. The molecule has 1 aromatic heterocycles. The van der Waals surface area contributed by atoms with Crippen LogP contribution in [0.3, 0.4) is 0 Å². The molecule has 0 bridgehead atoms. The molecule has 5 heteroatoms.